The van der Waals surface area contributed by atoms with E-state index in [-0.39, 0.29) is 0 Å². The molecule has 0 unspecified atom stereocenters. The Bertz CT molecular complexity index is 715. The number of rotatable bonds is 3. The van der Waals surface area contributed by atoms with Crippen molar-refractivity contribution in [3.63, 3.8) is 0 Å². The summed E-state index contributed by atoms with van der Waals surface area (Å²) in [6.07, 6.45) is 1.91. The number of anilines is 1. The van der Waals surface area contributed by atoms with Crippen LogP contribution in [0.25, 0.3) is 5.65 Å². The van der Waals surface area contributed by atoms with Crippen LogP contribution in [0.4, 0.5) is 5.95 Å². The molecule has 3 rings (SSSR count). The quantitative estimate of drug-likeness (QED) is 0.779. The molecule has 1 N–H and O–H groups in total. The first-order valence-electron chi connectivity index (χ1n) is 6.34. The molecule has 96 valence electrons. The normalized spacial score (nSPS) is 10.8. The highest BCUT2D eigenvalue weighted by atomic mass is 15.3. The number of pyridine rings is 1. The Kier molecular flexibility index (Phi) is 2.91. The van der Waals surface area contributed by atoms with Crippen LogP contribution < -0.4 is 5.32 Å². The SMILES string of the molecule is Cc1cccc(CNc2nc3c(C)cccn3n2)c1. The Balaban J connectivity index is 1.80. The monoisotopic (exact) mass is 252 g/mol. The van der Waals surface area contributed by atoms with Crippen molar-refractivity contribution in [2.75, 3.05) is 5.32 Å². The lowest BCUT2D eigenvalue weighted by molar-refractivity contribution is 0.946. The summed E-state index contributed by atoms with van der Waals surface area (Å²) in [4.78, 5) is 4.49. The molecule has 0 amide bonds. The molecule has 3 aromatic rings. The van der Waals surface area contributed by atoms with Crippen molar-refractivity contribution < 1.29 is 0 Å². The van der Waals surface area contributed by atoms with E-state index in [1.54, 1.807) is 4.52 Å². The molecule has 4 nitrogen and oxygen atoms in total. The maximum absolute atomic E-state index is 4.49. The first-order chi connectivity index (χ1) is 9.22. The lowest BCUT2D eigenvalue weighted by Gasteiger charge is -2.02. The highest BCUT2D eigenvalue weighted by Crippen LogP contribution is 2.11. The van der Waals surface area contributed by atoms with Gasteiger partial charge < -0.3 is 5.32 Å². The van der Waals surface area contributed by atoms with Crippen molar-refractivity contribution in [2.45, 2.75) is 20.4 Å². The molecule has 0 saturated carbocycles. The third-order valence-electron chi connectivity index (χ3n) is 3.09. The van der Waals surface area contributed by atoms with E-state index < -0.39 is 0 Å². The summed E-state index contributed by atoms with van der Waals surface area (Å²) in [6, 6.07) is 12.4. The Morgan fingerprint density at radius 2 is 2.05 bits per heavy atom. The van der Waals surface area contributed by atoms with Gasteiger partial charge in [0.1, 0.15) is 0 Å². The Morgan fingerprint density at radius 1 is 1.16 bits per heavy atom. The van der Waals surface area contributed by atoms with Crippen molar-refractivity contribution >= 4 is 11.6 Å². The molecule has 0 fully saturated rings. The predicted octanol–water partition coefficient (Wildman–Crippen LogP) is 2.96. The minimum Gasteiger partial charge on any atom is -0.349 e. The molecule has 2 aromatic heterocycles. The van der Waals surface area contributed by atoms with Gasteiger partial charge in [-0.1, -0.05) is 35.9 Å². The average Bonchev–Trinajstić information content (AvgIpc) is 2.81. The third kappa shape index (κ3) is 2.42. The van der Waals surface area contributed by atoms with Gasteiger partial charge in [0.15, 0.2) is 5.65 Å². The van der Waals surface area contributed by atoms with Crippen molar-refractivity contribution in [2.24, 2.45) is 0 Å². The van der Waals surface area contributed by atoms with E-state index in [1.807, 2.05) is 25.3 Å². The van der Waals surface area contributed by atoms with E-state index in [9.17, 15) is 0 Å². The number of benzene rings is 1. The average molecular weight is 252 g/mol. The summed E-state index contributed by atoms with van der Waals surface area (Å²) in [5.41, 5.74) is 4.52. The molecule has 0 saturated heterocycles. The standard InChI is InChI=1S/C15H16N4/c1-11-5-3-7-13(9-11)10-16-15-17-14-12(2)6-4-8-19(14)18-15/h3-9H,10H2,1-2H3,(H,16,18). The van der Waals surface area contributed by atoms with Crippen LogP contribution in [0.3, 0.4) is 0 Å². The van der Waals surface area contributed by atoms with E-state index >= 15 is 0 Å². The molecule has 4 heteroatoms. The minimum absolute atomic E-state index is 0.663. The van der Waals surface area contributed by atoms with Crippen LogP contribution in [-0.2, 0) is 6.54 Å². The molecule has 1 aromatic carbocycles. The maximum atomic E-state index is 4.49. The highest BCUT2D eigenvalue weighted by Gasteiger charge is 2.04. The van der Waals surface area contributed by atoms with Gasteiger partial charge in [-0.15, -0.1) is 5.10 Å². The maximum Gasteiger partial charge on any atom is 0.243 e. The van der Waals surface area contributed by atoms with Crippen LogP contribution in [0.2, 0.25) is 0 Å². The number of aryl methyl sites for hydroxylation is 2. The van der Waals surface area contributed by atoms with E-state index in [1.165, 1.54) is 11.1 Å². The number of nitrogens with zero attached hydrogens (tertiary/aromatic N) is 3. The van der Waals surface area contributed by atoms with Crippen LogP contribution in [0, 0.1) is 13.8 Å². The Hall–Kier alpha value is -2.36. The zero-order valence-electron chi connectivity index (χ0n) is 11.1. The van der Waals surface area contributed by atoms with E-state index in [4.69, 9.17) is 0 Å². The van der Waals surface area contributed by atoms with Gasteiger partial charge in [0, 0.05) is 12.7 Å². The second-order valence-electron chi connectivity index (χ2n) is 4.74. The molecule has 0 spiro atoms. The Morgan fingerprint density at radius 3 is 2.84 bits per heavy atom. The van der Waals surface area contributed by atoms with Crippen LogP contribution >= 0.6 is 0 Å². The van der Waals surface area contributed by atoms with Gasteiger partial charge in [0.2, 0.25) is 5.95 Å². The highest BCUT2D eigenvalue weighted by molar-refractivity contribution is 5.49. The van der Waals surface area contributed by atoms with E-state index in [0.29, 0.717) is 5.95 Å². The molecule has 0 aliphatic carbocycles. The number of nitrogens with one attached hydrogen (secondary N) is 1. The zero-order chi connectivity index (χ0) is 13.2. The van der Waals surface area contributed by atoms with E-state index in [2.05, 4.69) is 46.6 Å². The predicted molar refractivity (Wildman–Crippen MR) is 76.2 cm³/mol. The molecular formula is C15H16N4. The number of fused-ring (bicyclic) bond motifs is 1. The molecule has 0 atom stereocenters. The first-order valence-corrected chi connectivity index (χ1v) is 6.34. The van der Waals surface area contributed by atoms with Gasteiger partial charge in [-0.05, 0) is 31.0 Å². The van der Waals surface area contributed by atoms with E-state index in [0.717, 1.165) is 17.8 Å². The second-order valence-corrected chi connectivity index (χ2v) is 4.74. The fraction of sp³-hybridized carbons (Fsp3) is 0.200. The van der Waals surface area contributed by atoms with Gasteiger partial charge in [0.25, 0.3) is 0 Å². The summed E-state index contributed by atoms with van der Waals surface area (Å²) < 4.78 is 1.80. The molecule has 19 heavy (non-hydrogen) atoms. The fourth-order valence-corrected chi connectivity index (χ4v) is 2.12. The minimum atomic E-state index is 0.663. The van der Waals surface area contributed by atoms with Crippen LogP contribution in [0.15, 0.2) is 42.6 Å². The van der Waals surface area contributed by atoms with Crippen LogP contribution in [0.1, 0.15) is 16.7 Å². The molecule has 2 heterocycles. The van der Waals surface area contributed by atoms with Gasteiger partial charge in [-0.3, -0.25) is 0 Å². The number of hydrogen-bond acceptors (Lipinski definition) is 3. The summed E-state index contributed by atoms with van der Waals surface area (Å²) in [7, 11) is 0. The van der Waals surface area contributed by atoms with Crippen molar-refractivity contribution in [1.82, 2.24) is 14.6 Å². The summed E-state index contributed by atoms with van der Waals surface area (Å²) in [5.74, 6) is 0.663. The third-order valence-corrected chi connectivity index (χ3v) is 3.09. The molecular weight excluding hydrogens is 236 g/mol. The molecule has 0 bridgehead atoms. The fourth-order valence-electron chi connectivity index (χ4n) is 2.12. The molecule has 0 aliphatic rings. The summed E-state index contributed by atoms with van der Waals surface area (Å²) in [5, 5.41) is 7.67. The van der Waals surface area contributed by atoms with Crippen LogP contribution in [-0.4, -0.2) is 14.6 Å². The number of aromatic nitrogens is 3. The topological polar surface area (TPSA) is 42.2 Å². The lowest BCUT2D eigenvalue weighted by Crippen LogP contribution is -2.01. The van der Waals surface area contributed by atoms with Crippen LogP contribution in [0.5, 0.6) is 0 Å². The second kappa shape index (κ2) is 4.72. The van der Waals surface area contributed by atoms with Gasteiger partial charge in [-0.2, -0.15) is 4.98 Å². The Labute approximate surface area is 112 Å². The van der Waals surface area contributed by atoms with Crippen molar-refractivity contribution in [1.29, 1.82) is 0 Å². The van der Waals surface area contributed by atoms with Gasteiger partial charge in [0.05, 0.1) is 0 Å². The van der Waals surface area contributed by atoms with Crippen molar-refractivity contribution in [3.8, 4) is 0 Å². The van der Waals surface area contributed by atoms with Crippen molar-refractivity contribution in [3.05, 3.63) is 59.3 Å². The number of hydrogen-bond donors (Lipinski definition) is 1. The van der Waals surface area contributed by atoms with Gasteiger partial charge >= 0.3 is 0 Å². The molecule has 0 radical (unpaired) electrons. The summed E-state index contributed by atoms with van der Waals surface area (Å²) in [6.45, 7) is 4.86. The molecule has 0 aliphatic heterocycles. The smallest absolute Gasteiger partial charge is 0.243 e. The summed E-state index contributed by atoms with van der Waals surface area (Å²) >= 11 is 0. The lowest BCUT2D eigenvalue weighted by atomic mass is 10.1. The first kappa shape index (κ1) is 11.7. The van der Waals surface area contributed by atoms with Gasteiger partial charge in [-0.25, -0.2) is 4.52 Å². The zero-order valence-corrected chi connectivity index (χ0v) is 11.1. The largest absolute Gasteiger partial charge is 0.349 e.